The summed E-state index contributed by atoms with van der Waals surface area (Å²) in [6, 6.07) is 8.89. The van der Waals surface area contributed by atoms with Crippen LogP contribution in [0.15, 0.2) is 57.6 Å². The molecule has 154 valence electrons. The molecule has 7 nitrogen and oxygen atoms in total. The number of fused-ring (bicyclic) bond motifs is 1. The third-order valence-corrected chi connectivity index (χ3v) is 6.12. The van der Waals surface area contributed by atoms with Crippen LogP contribution in [0.4, 0.5) is 0 Å². The molecule has 3 aromatic rings. The molecule has 0 saturated heterocycles. The summed E-state index contributed by atoms with van der Waals surface area (Å²) in [6.45, 7) is 6.46. The normalized spacial score (nSPS) is 16.4. The number of rotatable bonds is 4. The average molecular weight is 423 g/mol. The quantitative estimate of drug-likeness (QED) is 0.602. The number of hydrogen-bond acceptors (Lipinski definition) is 6. The molecule has 3 heterocycles. The first-order chi connectivity index (χ1) is 14.4. The average Bonchev–Trinajstić information content (AvgIpc) is 3.26. The first kappa shape index (κ1) is 20.0. The van der Waals surface area contributed by atoms with Gasteiger partial charge in [-0.05, 0) is 32.4 Å². The highest BCUT2D eigenvalue weighted by molar-refractivity contribution is 7.07. The van der Waals surface area contributed by atoms with E-state index in [2.05, 4.69) is 10.1 Å². The summed E-state index contributed by atoms with van der Waals surface area (Å²) in [6.07, 6.45) is 3.77. The van der Waals surface area contributed by atoms with E-state index in [4.69, 9.17) is 4.74 Å². The van der Waals surface area contributed by atoms with E-state index in [0.29, 0.717) is 20.6 Å². The van der Waals surface area contributed by atoms with E-state index in [1.54, 1.807) is 11.5 Å². The summed E-state index contributed by atoms with van der Waals surface area (Å²) in [5, 5.41) is 4.45. The minimum absolute atomic E-state index is 0.190. The fourth-order valence-electron chi connectivity index (χ4n) is 3.62. The standard InChI is InChI=1S/C22H22N4O3S/c1-5-25-12-16(13(2)24-25)11-17-20(27)26-19(15-9-7-6-8-10-15)18(21(28)29-4)14(3)23-22(26)30-17/h6-12,19H,5H2,1-4H3/t19-/m0/s1. The van der Waals surface area contributed by atoms with Crippen LogP contribution in [0.25, 0.3) is 6.08 Å². The lowest BCUT2D eigenvalue weighted by atomic mass is 9.96. The van der Waals surface area contributed by atoms with E-state index in [1.165, 1.54) is 18.4 Å². The fraction of sp³-hybridized carbons (Fsp3) is 0.273. The zero-order chi connectivity index (χ0) is 21.4. The summed E-state index contributed by atoms with van der Waals surface area (Å²) in [5.74, 6) is -0.487. The Hall–Kier alpha value is -3.26. The predicted octanol–water partition coefficient (Wildman–Crippen LogP) is 1.93. The van der Waals surface area contributed by atoms with Gasteiger partial charge in [-0.3, -0.25) is 14.0 Å². The van der Waals surface area contributed by atoms with Crippen molar-refractivity contribution >= 4 is 23.4 Å². The van der Waals surface area contributed by atoms with Crippen LogP contribution < -0.4 is 14.9 Å². The maximum atomic E-state index is 13.4. The molecule has 0 aliphatic carbocycles. The molecule has 0 bridgehead atoms. The minimum atomic E-state index is -0.587. The lowest BCUT2D eigenvalue weighted by Crippen LogP contribution is -2.39. The highest BCUT2D eigenvalue weighted by atomic mass is 32.1. The molecule has 1 aliphatic heterocycles. The van der Waals surface area contributed by atoms with Crippen LogP contribution in [0.3, 0.4) is 0 Å². The molecule has 4 rings (SSSR count). The first-order valence-electron chi connectivity index (χ1n) is 9.64. The zero-order valence-electron chi connectivity index (χ0n) is 17.2. The van der Waals surface area contributed by atoms with Crippen LogP contribution >= 0.6 is 11.3 Å². The number of hydrogen-bond donors (Lipinski definition) is 0. The number of ether oxygens (including phenoxy) is 1. The number of aromatic nitrogens is 3. The minimum Gasteiger partial charge on any atom is -0.466 e. The van der Waals surface area contributed by atoms with E-state index < -0.39 is 12.0 Å². The summed E-state index contributed by atoms with van der Waals surface area (Å²) in [4.78, 5) is 31.1. The summed E-state index contributed by atoms with van der Waals surface area (Å²) in [7, 11) is 1.34. The zero-order valence-corrected chi connectivity index (χ0v) is 18.1. The van der Waals surface area contributed by atoms with Crippen LogP contribution in [0, 0.1) is 6.92 Å². The maximum Gasteiger partial charge on any atom is 0.338 e. The molecular formula is C22H22N4O3S. The second kappa shape index (κ2) is 7.87. The molecule has 0 saturated carbocycles. The lowest BCUT2D eigenvalue weighted by Gasteiger charge is -2.24. The van der Waals surface area contributed by atoms with Gasteiger partial charge in [-0.1, -0.05) is 41.7 Å². The van der Waals surface area contributed by atoms with Crippen LogP contribution in [-0.4, -0.2) is 27.4 Å². The van der Waals surface area contributed by atoms with Crippen molar-refractivity contribution in [1.29, 1.82) is 0 Å². The van der Waals surface area contributed by atoms with Gasteiger partial charge < -0.3 is 4.74 Å². The van der Waals surface area contributed by atoms with Crippen molar-refractivity contribution in [2.24, 2.45) is 4.99 Å². The molecule has 0 amide bonds. The molecule has 0 spiro atoms. The van der Waals surface area contributed by atoms with Crippen molar-refractivity contribution in [3.8, 4) is 0 Å². The van der Waals surface area contributed by atoms with E-state index in [0.717, 1.165) is 23.4 Å². The van der Waals surface area contributed by atoms with Gasteiger partial charge in [0.25, 0.3) is 5.56 Å². The number of carbonyl (C=O) groups excluding carboxylic acids is 1. The van der Waals surface area contributed by atoms with Gasteiger partial charge in [0.2, 0.25) is 0 Å². The number of aryl methyl sites for hydroxylation is 2. The van der Waals surface area contributed by atoms with Crippen molar-refractivity contribution in [2.45, 2.75) is 33.4 Å². The van der Waals surface area contributed by atoms with Crippen molar-refractivity contribution in [2.75, 3.05) is 7.11 Å². The number of thiazole rings is 1. The Morgan fingerprint density at radius 1 is 1.27 bits per heavy atom. The fourth-order valence-corrected chi connectivity index (χ4v) is 4.66. The highest BCUT2D eigenvalue weighted by Crippen LogP contribution is 2.30. The summed E-state index contributed by atoms with van der Waals surface area (Å²) < 4.78 is 8.99. The molecule has 1 aliphatic rings. The van der Waals surface area contributed by atoms with Crippen molar-refractivity contribution in [3.63, 3.8) is 0 Å². The molecule has 0 fully saturated rings. The van der Waals surface area contributed by atoms with E-state index in [1.807, 2.05) is 61.1 Å². The van der Waals surface area contributed by atoms with Crippen LogP contribution in [0.5, 0.6) is 0 Å². The molecule has 0 unspecified atom stereocenters. The molecular weight excluding hydrogens is 400 g/mol. The third-order valence-electron chi connectivity index (χ3n) is 5.14. The Morgan fingerprint density at radius 2 is 2.00 bits per heavy atom. The topological polar surface area (TPSA) is 78.5 Å². The highest BCUT2D eigenvalue weighted by Gasteiger charge is 2.32. The number of nitrogens with zero attached hydrogens (tertiary/aromatic N) is 4. The van der Waals surface area contributed by atoms with Crippen molar-refractivity contribution in [3.05, 3.63) is 84.3 Å². The number of methoxy groups -OCH3 is 1. The van der Waals surface area contributed by atoms with Crippen LogP contribution in [0.1, 0.15) is 36.7 Å². The van der Waals surface area contributed by atoms with Gasteiger partial charge in [0.05, 0.1) is 34.6 Å². The Bertz CT molecular complexity index is 1330. The number of allylic oxidation sites excluding steroid dienone is 1. The molecule has 8 heteroatoms. The second-order valence-electron chi connectivity index (χ2n) is 7.01. The van der Waals surface area contributed by atoms with Crippen molar-refractivity contribution in [1.82, 2.24) is 14.3 Å². The summed E-state index contributed by atoms with van der Waals surface area (Å²) in [5.41, 5.74) is 3.31. The molecule has 30 heavy (non-hydrogen) atoms. The Morgan fingerprint density at radius 3 is 2.63 bits per heavy atom. The van der Waals surface area contributed by atoms with Crippen molar-refractivity contribution < 1.29 is 9.53 Å². The van der Waals surface area contributed by atoms with E-state index in [-0.39, 0.29) is 5.56 Å². The largest absolute Gasteiger partial charge is 0.466 e. The van der Waals surface area contributed by atoms with Gasteiger partial charge in [0.1, 0.15) is 0 Å². The third kappa shape index (κ3) is 3.33. The van der Waals surface area contributed by atoms with Gasteiger partial charge in [-0.15, -0.1) is 0 Å². The molecule has 2 aromatic heterocycles. The van der Waals surface area contributed by atoms with Gasteiger partial charge in [-0.25, -0.2) is 9.79 Å². The van der Waals surface area contributed by atoms with Crippen LogP contribution in [0.2, 0.25) is 0 Å². The Balaban J connectivity index is 1.97. The monoisotopic (exact) mass is 422 g/mol. The molecule has 1 atom stereocenters. The smallest absolute Gasteiger partial charge is 0.338 e. The Kier molecular flexibility index (Phi) is 5.26. The summed E-state index contributed by atoms with van der Waals surface area (Å²) >= 11 is 1.31. The number of esters is 1. The van der Waals surface area contributed by atoms with Gasteiger partial charge in [-0.2, -0.15) is 5.10 Å². The molecule has 0 N–H and O–H groups in total. The molecule has 0 radical (unpaired) electrons. The molecule has 1 aromatic carbocycles. The maximum absolute atomic E-state index is 13.4. The Labute approximate surface area is 177 Å². The van der Waals surface area contributed by atoms with Crippen LogP contribution in [-0.2, 0) is 16.1 Å². The number of benzene rings is 1. The van der Waals surface area contributed by atoms with Gasteiger partial charge in [0, 0.05) is 18.3 Å². The predicted molar refractivity (Wildman–Crippen MR) is 115 cm³/mol. The van der Waals surface area contributed by atoms with Gasteiger partial charge in [0.15, 0.2) is 4.80 Å². The first-order valence-corrected chi connectivity index (χ1v) is 10.5. The lowest BCUT2D eigenvalue weighted by molar-refractivity contribution is -0.136. The SMILES string of the molecule is CCn1cc(C=c2sc3n(c2=O)[C@@H](c2ccccc2)C(C(=O)OC)=C(C)N=3)c(C)n1. The number of carbonyl (C=O) groups is 1. The van der Waals surface area contributed by atoms with Gasteiger partial charge >= 0.3 is 5.97 Å². The second-order valence-corrected chi connectivity index (χ2v) is 8.02. The van der Waals surface area contributed by atoms with E-state index in [9.17, 15) is 9.59 Å². The van der Waals surface area contributed by atoms with E-state index >= 15 is 0 Å².